The number of anilines is 1. The second kappa shape index (κ2) is 6.86. The molecule has 1 aliphatic heterocycles. The summed E-state index contributed by atoms with van der Waals surface area (Å²) in [4.78, 5) is 11.5. The number of nitrogens with zero attached hydrogens (tertiary/aromatic N) is 5. The number of hydrogen-bond donors (Lipinski definition) is 0. The van der Waals surface area contributed by atoms with Gasteiger partial charge in [-0.25, -0.2) is 19.0 Å². The molecule has 0 bridgehead atoms. The van der Waals surface area contributed by atoms with Crippen LogP contribution in [0.5, 0.6) is 0 Å². The van der Waals surface area contributed by atoms with Crippen molar-refractivity contribution in [2.45, 2.75) is 26.7 Å². The predicted octanol–water partition coefficient (Wildman–Crippen LogP) is 4.01. The summed E-state index contributed by atoms with van der Waals surface area (Å²) in [5.74, 6) is 1.26. The predicted molar refractivity (Wildman–Crippen MR) is 99.9 cm³/mol. The summed E-state index contributed by atoms with van der Waals surface area (Å²) in [6.07, 6.45) is 6.04. The van der Waals surface area contributed by atoms with Gasteiger partial charge in [-0.3, -0.25) is 0 Å². The Morgan fingerprint density at radius 1 is 1.15 bits per heavy atom. The fourth-order valence-corrected chi connectivity index (χ4v) is 3.32. The van der Waals surface area contributed by atoms with Gasteiger partial charge in [-0.05, 0) is 49.9 Å². The fraction of sp³-hybridized carbons (Fsp3) is 0.350. The van der Waals surface area contributed by atoms with E-state index in [-0.39, 0.29) is 5.82 Å². The lowest BCUT2D eigenvalue weighted by molar-refractivity contribution is 0.434. The van der Waals surface area contributed by atoms with Crippen LogP contribution in [0.4, 0.5) is 10.3 Å². The lowest BCUT2D eigenvalue weighted by Gasteiger charge is -2.30. The van der Waals surface area contributed by atoms with Crippen molar-refractivity contribution in [3.8, 4) is 16.9 Å². The van der Waals surface area contributed by atoms with Crippen LogP contribution in [-0.2, 0) is 0 Å². The van der Waals surface area contributed by atoms with E-state index >= 15 is 0 Å². The third kappa shape index (κ3) is 3.31. The molecule has 0 amide bonds. The Hall–Kier alpha value is -2.76. The van der Waals surface area contributed by atoms with Crippen LogP contribution < -0.4 is 4.90 Å². The Labute approximate surface area is 152 Å². The lowest BCUT2D eigenvalue weighted by atomic mass is 10.00. The summed E-state index contributed by atoms with van der Waals surface area (Å²) in [6, 6.07) is 8.31. The average molecular weight is 351 g/mol. The van der Waals surface area contributed by atoms with Crippen LogP contribution >= 0.6 is 0 Å². The van der Waals surface area contributed by atoms with E-state index in [9.17, 15) is 4.39 Å². The first kappa shape index (κ1) is 16.7. The molecule has 1 fully saturated rings. The second-order valence-electron chi connectivity index (χ2n) is 6.96. The van der Waals surface area contributed by atoms with Crippen LogP contribution in [0.3, 0.4) is 0 Å². The molecule has 0 atom stereocenters. The summed E-state index contributed by atoms with van der Waals surface area (Å²) in [6.45, 7) is 6.21. The van der Waals surface area contributed by atoms with Gasteiger partial charge >= 0.3 is 0 Å². The topological polar surface area (TPSA) is 46.8 Å². The first-order valence-corrected chi connectivity index (χ1v) is 9.01. The molecule has 0 spiro atoms. The zero-order chi connectivity index (χ0) is 18.1. The zero-order valence-corrected chi connectivity index (χ0v) is 15.1. The molecule has 1 aromatic carbocycles. The normalized spacial score (nSPS) is 15.4. The van der Waals surface area contributed by atoms with Gasteiger partial charge in [0.05, 0.1) is 17.1 Å². The van der Waals surface area contributed by atoms with Crippen LogP contribution in [-0.4, -0.2) is 32.8 Å². The Balaban J connectivity index is 1.65. The minimum Gasteiger partial charge on any atom is -0.341 e. The van der Waals surface area contributed by atoms with E-state index in [1.165, 1.54) is 25.0 Å². The van der Waals surface area contributed by atoms with Gasteiger partial charge in [0.15, 0.2) is 0 Å². The second-order valence-corrected chi connectivity index (χ2v) is 6.96. The molecule has 1 aliphatic rings. The van der Waals surface area contributed by atoms with E-state index in [0.717, 1.165) is 41.9 Å². The monoisotopic (exact) mass is 351 g/mol. The maximum Gasteiger partial charge on any atom is 0.225 e. The maximum absolute atomic E-state index is 13.5. The highest BCUT2D eigenvalue weighted by Crippen LogP contribution is 2.25. The Morgan fingerprint density at radius 2 is 1.96 bits per heavy atom. The van der Waals surface area contributed by atoms with E-state index in [2.05, 4.69) is 21.9 Å². The molecular weight excluding hydrogens is 329 g/mol. The highest BCUT2D eigenvalue weighted by atomic mass is 19.1. The summed E-state index contributed by atoms with van der Waals surface area (Å²) in [5, 5.41) is 4.53. The van der Waals surface area contributed by atoms with Gasteiger partial charge in [0.2, 0.25) is 5.95 Å². The number of aryl methyl sites for hydroxylation is 1. The number of piperidine rings is 1. The van der Waals surface area contributed by atoms with Gasteiger partial charge in [0.1, 0.15) is 5.82 Å². The van der Waals surface area contributed by atoms with Crippen molar-refractivity contribution >= 4 is 5.95 Å². The van der Waals surface area contributed by atoms with Crippen LogP contribution in [0.2, 0.25) is 0 Å². The molecule has 0 aliphatic carbocycles. The molecule has 1 saturated heterocycles. The number of halogens is 1. The van der Waals surface area contributed by atoms with Crippen molar-refractivity contribution < 1.29 is 4.39 Å². The molecule has 26 heavy (non-hydrogen) atoms. The third-order valence-electron chi connectivity index (χ3n) is 4.96. The molecule has 3 aromatic rings. The molecule has 2 aromatic heterocycles. The van der Waals surface area contributed by atoms with Crippen molar-refractivity contribution in [3.05, 3.63) is 54.2 Å². The van der Waals surface area contributed by atoms with Gasteiger partial charge in [-0.1, -0.05) is 13.0 Å². The molecule has 4 rings (SSSR count). The summed E-state index contributed by atoms with van der Waals surface area (Å²) in [5.41, 5.74) is 3.32. The summed E-state index contributed by atoms with van der Waals surface area (Å²) >= 11 is 0. The van der Waals surface area contributed by atoms with Crippen molar-refractivity contribution in [1.82, 2.24) is 19.7 Å². The summed E-state index contributed by atoms with van der Waals surface area (Å²) in [7, 11) is 0. The zero-order valence-electron chi connectivity index (χ0n) is 15.1. The van der Waals surface area contributed by atoms with Gasteiger partial charge in [-0.15, -0.1) is 0 Å². The molecule has 0 N–H and O–H groups in total. The van der Waals surface area contributed by atoms with E-state index in [0.29, 0.717) is 5.69 Å². The van der Waals surface area contributed by atoms with Gasteiger partial charge < -0.3 is 4.90 Å². The van der Waals surface area contributed by atoms with E-state index < -0.39 is 0 Å². The highest BCUT2D eigenvalue weighted by Gasteiger charge is 2.19. The molecular formula is C20H22FN5. The molecule has 0 saturated carbocycles. The van der Waals surface area contributed by atoms with Crippen LogP contribution in [0.1, 0.15) is 25.5 Å². The quantitative estimate of drug-likeness (QED) is 0.715. The van der Waals surface area contributed by atoms with Gasteiger partial charge in [-0.2, -0.15) is 5.10 Å². The van der Waals surface area contributed by atoms with E-state index in [1.807, 2.05) is 25.3 Å². The molecule has 6 heteroatoms. The Morgan fingerprint density at radius 3 is 2.73 bits per heavy atom. The van der Waals surface area contributed by atoms with E-state index in [1.54, 1.807) is 16.9 Å². The maximum atomic E-state index is 13.5. The van der Waals surface area contributed by atoms with Crippen molar-refractivity contribution in [1.29, 1.82) is 0 Å². The smallest absolute Gasteiger partial charge is 0.225 e. The summed E-state index contributed by atoms with van der Waals surface area (Å²) < 4.78 is 15.2. The first-order chi connectivity index (χ1) is 12.6. The van der Waals surface area contributed by atoms with Crippen molar-refractivity contribution in [3.63, 3.8) is 0 Å². The molecule has 0 radical (unpaired) electrons. The van der Waals surface area contributed by atoms with Crippen molar-refractivity contribution in [2.75, 3.05) is 18.0 Å². The lowest BCUT2D eigenvalue weighted by Crippen LogP contribution is -2.34. The van der Waals surface area contributed by atoms with Crippen LogP contribution in [0.15, 0.2) is 42.7 Å². The number of hydrogen-bond acceptors (Lipinski definition) is 4. The van der Waals surface area contributed by atoms with Gasteiger partial charge in [0, 0.05) is 31.0 Å². The number of aromatic nitrogens is 4. The van der Waals surface area contributed by atoms with Crippen LogP contribution in [0.25, 0.3) is 16.9 Å². The Kier molecular flexibility index (Phi) is 4.41. The molecule has 5 nitrogen and oxygen atoms in total. The Bertz CT molecular complexity index is 912. The fourth-order valence-electron chi connectivity index (χ4n) is 3.32. The van der Waals surface area contributed by atoms with Crippen LogP contribution in [0, 0.1) is 18.7 Å². The number of benzene rings is 1. The molecule has 134 valence electrons. The molecule has 0 unspecified atom stereocenters. The highest BCUT2D eigenvalue weighted by molar-refractivity contribution is 5.62. The standard InChI is InChI=1S/C20H22FN5/c1-14-7-10-25(11-8-14)20-22-9-6-19(23-20)18-13-26(24-15(18)2)17-5-3-4-16(21)12-17/h3-6,9,12-14H,7-8,10-11H2,1-2H3. The van der Waals surface area contributed by atoms with Crippen molar-refractivity contribution in [2.24, 2.45) is 5.92 Å². The minimum absolute atomic E-state index is 0.277. The SMILES string of the molecule is Cc1nn(-c2cccc(F)c2)cc1-c1ccnc(N2CCC(C)CC2)n1. The van der Waals surface area contributed by atoms with Gasteiger partial charge in [0.25, 0.3) is 0 Å². The average Bonchev–Trinajstić information content (AvgIpc) is 3.04. The third-order valence-corrected chi connectivity index (χ3v) is 4.96. The largest absolute Gasteiger partial charge is 0.341 e. The number of rotatable bonds is 3. The molecule has 3 heterocycles. The van der Waals surface area contributed by atoms with E-state index in [4.69, 9.17) is 4.98 Å². The minimum atomic E-state index is -0.277. The first-order valence-electron chi connectivity index (χ1n) is 9.01.